The lowest BCUT2D eigenvalue weighted by atomic mass is 10.1. The van der Waals surface area contributed by atoms with E-state index in [-0.39, 0.29) is 6.10 Å². The summed E-state index contributed by atoms with van der Waals surface area (Å²) in [5.74, 6) is 0. The number of aliphatic hydroxyl groups excluding tert-OH is 1. The van der Waals surface area contributed by atoms with E-state index < -0.39 is 0 Å². The normalized spacial score (nSPS) is 12.6. The first-order chi connectivity index (χ1) is 13.5. The molecule has 0 aliphatic rings. The fourth-order valence-electron chi connectivity index (χ4n) is 3.45. The molecule has 150 valence electrons. The van der Waals surface area contributed by atoms with E-state index in [0.29, 0.717) is 23.1 Å². The van der Waals surface area contributed by atoms with Crippen molar-refractivity contribution in [3.05, 3.63) is 69.3 Å². The number of halogens is 2. The highest BCUT2D eigenvalue weighted by Crippen LogP contribution is 2.29. The van der Waals surface area contributed by atoms with Crippen LogP contribution in [0.4, 0.5) is 0 Å². The van der Waals surface area contributed by atoms with Crippen molar-refractivity contribution in [2.75, 3.05) is 19.6 Å². The van der Waals surface area contributed by atoms with Crippen molar-refractivity contribution >= 4 is 34.1 Å². The van der Waals surface area contributed by atoms with Crippen LogP contribution in [0.3, 0.4) is 0 Å². The van der Waals surface area contributed by atoms with Crippen LogP contribution < -0.4 is 10.6 Å². The van der Waals surface area contributed by atoms with Gasteiger partial charge in [0, 0.05) is 59.4 Å². The number of para-hydroxylation sites is 1. The number of aromatic nitrogens is 1. The lowest BCUT2D eigenvalue weighted by molar-refractivity contribution is 0.191. The molecule has 0 radical (unpaired) electrons. The second-order valence-corrected chi connectivity index (χ2v) is 7.98. The quantitative estimate of drug-likeness (QED) is 0.451. The second-order valence-electron chi connectivity index (χ2n) is 7.13. The SMILES string of the molecule is Cc1c(CNCCNCC(C)O)c2ccccc2n1Cc1ccc(Cl)cc1Cl. The average Bonchev–Trinajstić information content (AvgIpc) is 2.92. The minimum Gasteiger partial charge on any atom is -0.392 e. The van der Waals surface area contributed by atoms with Gasteiger partial charge in [0.15, 0.2) is 0 Å². The molecule has 28 heavy (non-hydrogen) atoms. The third kappa shape index (κ3) is 5.07. The zero-order valence-corrected chi connectivity index (χ0v) is 17.8. The molecule has 0 aliphatic carbocycles. The molecule has 3 aromatic rings. The van der Waals surface area contributed by atoms with Gasteiger partial charge in [-0.3, -0.25) is 0 Å². The van der Waals surface area contributed by atoms with E-state index in [2.05, 4.69) is 46.4 Å². The number of hydrogen-bond donors (Lipinski definition) is 3. The van der Waals surface area contributed by atoms with Crippen LogP contribution >= 0.6 is 23.2 Å². The summed E-state index contributed by atoms with van der Waals surface area (Å²) >= 11 is 12.5. The third-order valence-corrected chi connectivity index (χ3v) is 5.51. The van der Waals surface area contributed by atoms with Gasteiger partial charge in [-0.2, -0.15) is 0 Å². The van der Waals surface area contributed by atoms with Crippen LogP contribution in [0.2, 0.25) is 10.0 Å². The van der Waals surface area contributed by atoms with Gasteiger partial charge < -0.3 is 20.3 Å². The van der Waals surface area contributed by atoms with Crippen molar-refractivity contribution in [3.8, 4) is 0 Å². The molecule has 0 bridgehead atoms. The molecular weight excluding hydrogens is 393 g/mol. The van der Waals surface area contributed by atoms with Gasteiger partial charge in [-0.05, 0) is 43.2 Å². The molecule has 6 heteroatoms. The van der Waals surface area contributed by atoms with E-state index in [1.54, 1.807) is 13.0 Å². The molecule has 0 spiro atoms. The Kier molecular flexibility index (Phi) is 7.38. The zero-order valence-electron chi connectivity index (χ0n) is 16.3. The number of benzene rings is 2. The Morgan fingerprint density at radius 2 is 1.82 bits per heavy atom. The molecule has 3 N–H and O–H groups in total. The summed E-state index contributed by atoms with van der Waals surface area (Å²) in [7, 11) is 0. The molecule has 0 fully saturated rings. The Labute approximate surface area is 176 Å². The largest absolute Gasteiger partial charge is 0.392 e. The first-order valence-corrected chi connectivity index (χ1v) is 10.3. The zero-order chi connectivity index (χ0) is 20.1. The monoisotopic (exact) mass is 419 g/mol. The van der Waals surface area contributed by atoms with Crippen LogP contribution in [0.25, 0.3) is 10.9 Å². The summed E-state index contributed by atoms with van der Waals surface area (Å²) in [5, 5.41) is 18.6. The Morgan fingerprint density at radius 1 is 1.07 bits per heavy atom. The molecule has 0 saturated carbocycles. The number of fused-ring (bicyclic) bond motifs is 1. The lowest BCUT2D eigenvalue weighted by Gasteiger charge is -2.11. The van der Waals surface area contributed by atoms with Crippen molar-refractivity contribution in [3.63, 3.8) is 0 Å². The Bertz CT molecular complexity index is 937. The Hall–Kier alpha value is -1.56. The molecule has 2 aromatic carbocycles. The first kappa shape index (κ1) is 21.2. The van der Waals surface area contributed by atoms with Crippen LogP contribution in [0.5, 0.6) is 0 Å². The van der Waals surface area contributed by atoms with Gasteiger partial charge in [0.2, 0.25) is 0 Å². The smallest absolute Gasteiger partial charge is 0.0636 e. The maximum absolute atomic E-state index is 9.30. The summed E-state index contributed by atoms with van der Waals surface area (Å²) in [4.78, 5) is 0. The Morgan fingerprint density at radius 3 is 2.57 bits per heavy atom. The highest BCUT2D eigenvalue weighted by Gasteiger charge is 2.14. The molecular formula is C22H27Cl2N3O. The van der Waals surface area contributed by atoms with Gasteiger partial charge >= 0.3 is 0 Å². The van der Waals surface area contributed by atoms with Crippen molar-refractivity contribution in [2.24, 2.45) is 0 Å². The van der Waals surface area contributed by atoms with Crippen molar-refractivity contribution in [1.29, 1.82) is 0 Å². The fourth-order valence-corrected chi connectivity index (χ4v) is 3.92. The molecule has 0 saturated heterocycles. The van der Waals surface area contributed by atoms with Gasteiger partial charge in [0.1, 0.15) is 0 Å². The number of rotatable bonds is 9. The van der Waals surface area contributed by atoms with Crippen LogP contribution in [-0.2, 0) is 13.1 Å². The summed E-state index contributed by atoms with van der Waals surface area (Å²) in [6.07, 6.45) is -0.320. The van der Waals surface area contributed by atoms with Gasteiger partial charge in [-0.15, -0.1) is 0 Å². The van der Waals surface area contributed by atoms with E-state index in [9.17, 15) is 5.11 Å². The van der Waals surface area contributed by atoms with E-state index >= 15 is 0 Å². The average molecular weight is 420 g/mol. The maximum Gasteiger partial charge on any atom is 0.0636 e. The van der Waals surface area contributed by atoms with Crippen molar-refractivity contribution in [1.82, 2.24) is 15.2 Å². The second kappa shape index (κ2) is 9.77. The highest BCUT2D eigenvalue weighted by atomic mass is 35.5. The standard InChI is InChI=1S/C22H27Cl2N3O/c1-15(28)12-25-9-10-26-13-20-16(2)27(22-6-4-3-5-19(20)22)14-17-7-8-18(23)11-21(17)24/h3-8,11,15,25-26,28H,9-10,12-14H2,1-2H3. The van der Waals surface area contributed by atoms with Gasteiger partial charge in [0.25, 0.3) is 0 Å². The van der Waals surface area contributed by atoms with E-state index in [1.807, 2.05) is 12.1 Å². The number of hydrogen-bond acceptors (Lipinski definition) is 3. The molecule has 1 aromatic heterocycles. The van der Waals surface area contributed by atoms with Gasteiger partial charge in [-0.1, -0.05) is 47.5 Å². The fraction of sp³-hybridized carbons (Fsp3) is 0.364. The molecule has 0 amide bonds. The number of nitrogens with one attached hydrogen (secondary N) is 2. The van der Waals surface area contributed by atoms with Gasteiger partial charge in [0.05, 0.1) is 6.10 Å². The number of aliphatic hydroxyl groups is 1. The topological polar surface area (TPSA) is 49.2 Å². The number of nitrogens with zero attached hydrogens (tertiary/aromatic N) is 1. The minimum atomic E-state index is -0.320. The first-order valence-electron chi connectivity index (χ1n) is 9.57. The molecule has 1 unspecified atom stereocenters. The van der Waals surface area contributed by atoms with Crippen LogP contribution in [0, 0.1) is 6.92 Å². The summed E-state index contributed by atoms with van der Waals surface area (Å²) < 4.78 is 2.31. The maximum atomic E-state index is 9.30. The van der Waals surface area contributed by atoms with E-state index in [1.165, 1.54) is 22.2 Å². The molecule has 4 nitrogen and oxygen atoms in total. The van der Waals surface area contributed by atoms with Crippen LogP contribution in [0.1, 0.15) is 23.7 Å². The molecule has 0 aliphatic heterocycles. The van der Waals surface area contributed by atoms with E-state index in [0.717, 1.165) is 25.2 Å². The molecule has 1 atom stereocenters. The minimum absolute atomic E-state index is 0.320. The molecule has 1 heterocycles. The van der Waals surface area contributed by atoms with Gasteiger partial charge in [-0.25, -0.2) is 0 Å². The summed E-state index contributed by atoms with van der Waals surface area (Å²) in [6.45, 7) is 7.72. The van der Waals surface area contributed by atoms with Crippen LogP contribution in [-0.4, -0.2) is 35.4 Å². The summed E-state index contributed by atoms with van der Waals surface area (Å²) in [6, 6.07) is 14.1. The van der Waals surface area contributed by atoms with Crippen molar-refractivity contribution < 1.29 is 5.11 Å². The Balaban J connectivity index is 1.77. The van der Waals surface area contributed by atoms with Crippen molar-refractivity contribution in [2.45, 2.75) is 33.0 Å². The third-order valence-electron chi connectivity index (χ3n) is 4.93. The molecule has 3 rings (SSSR count). The summed E-state index contributed by atoms with van der Waals surface area (Å²) in [5.41, 5.74) is 4.79. The van der Waals surface area contributed by atoms with Crippen LogP contribution in [0.15, 0.2) is 42.5 Å². The lowest BCUT2D eigenvalue weighted by Crippen LogP contribution is -2.31. The highest BCUT2D eigenvalue weighted by molar-refractivity contribution is 6.35. The predicted molar refractivity (Wildman–Crippen MR) is 118 cm³/mol. The predicted octanol–water partition coefficient (Wildman–Crippen LogP) is 4.36. The van der Waals surface area contributed by atoms with E-state index in [4.69, 9.17) is 23.2 Å².